The summed E-state index contributed by atoms with van der Waals surface area (Å²) in [4.78, 5) is 20.4. The molecular formula is C18H18N4O2. The molecule has 0 aliphatic rings. The monoisotopic (exact) mass is 322 g/mol. The molecular weight excluding hydrogens is 304 g/mol. The summed E-state index contributed by atoms with van der Waals surface area (Å²) in [6, 6.07) is 13.4. The molecule has 0 spiro atoms. The van der Waals surface area contributed by atoms with E-state index in [1.54, 1.807) is 12.3 Å². The third-order valence-corrected chi connectivity index (χ3v) is 3.47. The van der Waals surface area contributed by atoms with Crippen LogP contribution in [0.4, 0.5) is 0 Å². The molecule has 3 rings (SSSR count). The number of carbonyl (C=O) groups is 1. The van der Waals surface area contributed by atoms with Crippen molar-refractivity contribution in [3.63, 3.8) is 0 Å². The minimum absolute atomic E-state index is 0.0194. The molecule has 2 heterocycles. The molecule has 3 aromatic rings. The van der Waals surface area contributed by atoms with Crippen LogP contribution in [0.15, 0.2) is 53.2 Å². The van der Waals surface area contributed by atoms with Crippen LogP contribution >= 0.6 is 0 Å². The summed E-state index contributed by atoms with van der Waals surface area (Å²) in [6.07, 6.45) is 2.55. The lowest BCUT2D eigenvalue weighted by atomic mass is 10.1. The highest BCUT2D eigenvalue weighted by Crippen LogP contribution is 2.13. The summed E-state index contributed by atoms with van der Waals surface area (Å²) in [6.45, 7) is 2.47. The predicted molar refractivity (Wildman–Crippen MR) is 89.1 cm³/mol. The average Bonchev–Trinajstić information content (AvgIpc) is 3.04. The molecule has 2 aromatic heterocycles. The Hall–Kier alpha value is -3.02. The number of carbonyl (C=O) groups excluding carboxylic acids is 1. The first-order chi connectivity index (χ1) is 11.7. The number of nitrogens with zero attached hydrogens (tertiary/aromatic N) is 3. The van der Waals surface area contributed by atoms with Gasteiger partial charge in [0.25, 0.3) is 5.89 Å². The smallest absolute Gasteiger partial charge is 0.276 e. The molecule has 0 radical (unpaired) electrons. The zero-order valence-electron chi connectivity index (χ0n) is 13.4. The fourth-order valence-corrected chi connectivity index (χ4v) is 2.33. The molecule has 0 atom stereocenters. The van der Waals surface area contributed by atoms with Gasteiger partial charge in [0.2, 0.25) is 5.91 Å². The van der Waals surface area contributed by atoms with E-state index < -0.39 is 0 Å². The molecule has 6 nitrogen and oxygen atoms in total. The molecule has 0 unspecified atom stereocenters. The fourth-order valence-electron chi connectivity index (χ4n) is 2.33. The van der Waals surface area contributed by atoms with Gasteiger partial charge in [0.05, 0.1) is 6.42 Å². The maximum atomic E-state index is 12.0. The minimum atomic E-state index is -0.0194. The lowest BCUT2D eigenvalue weighted by Crippen LogP contribution is -2.27. The second kappa shape index (κ2) is 7.50. The zero-order valence-corrected chi connectivity index (χ0v) is 13.4. The molecule has 1 N–H and O–H groups in total. The van der Waals surface area contributed by atoms with Crippen molar-refractivity contribution >= 4 is 5.91 Å². The van der Waals surface area contributed by atoms with Gasteiger partial charge >= 0.3 is 0 Å². The number of pyridine rings is 1. The maximum Gasteiger partial charge on any atom is 0.276 e. The molecule has 0 aliphatic carbocycles. The zero-order chi connectivity index (χ0) is 16.8. The molecule has 0 fully saturated rings. The van der Waals surface area contributed by atoms with Crippen molar-refractivity contribution in [1.82, 2.24) is 20.4 Å². The molecule has 122 valence electrons. The van der Waals surface area contributed by atoms with Crippen LogP contribution in [0.25, 0.3) is 11.6 Å². The van der Waals surface area contributed by atoms with Gasteiger partial charge in [-0.1, -0.05) is 41.1 Å². The maximum absolute atomic E-state index is 12.0. The van der Waals surface area contributed by atoms with Crippen molar-refractivity contribution in [2.75, 3.05) is 6.54 Å². The lowest BCUT2D eigenvalue weighted by Gasteiger charge is -2.04. The lowest BCUT2D eigenvalue weighted by molar-refractivity contribution is -0.120. The van der Waals surface area contributed by atoms with E-state index in [1.165, 1.54) is 0 Å². The van der Waals surface area contributed by atoms with Gasteiger partial charge in [-0.25, -0.2) is 0 Å². The van der Waals surface area contributed by atoms with Crippen molar-refractivity contribution in [3.05, 3.63) is 65.6 Å². The van der Waals surface area contributed by atoms with Gasteiger partial charge in [-0.2, -0.15) is 4.98 Å². The van der Waals surface area contributed by atoms with Crippen molar-refractivity contribution in [3.8, 4) is 11.6 Å². The van der Waals surface area contributed by atoms with Crippen molar-refractivity contribution < 1.29 is 9.32 Å². The Morgan fingerprint density at radius 2 is 2.12 bits per heavy atom. The molecule has 0 bridgehead atoms. The van der Waals surface area contributed by atoms with Gasteiger partial charge in [0, 0.05) is 19.2 Å². The molecule has 0 saturated carbocycles. The largest absolute Gasteiger partial charge is 0.355 e. The van der Waals surface area contributed by atoms with E-state index in [-0.39, 0.29) is 5.91 Å². The third kappa shape index (κ3) is 4.25. The van der Waals surface area contributed by atoms with Crippen LogP contribution in [0, 0.1) is 6.92 Å². The first-order valence-corrected chi connectivity index (χ1v) is 7.77. The standard InChI is InChI=1S/C18H18N4O2/c1-13-5-4-6-14(11-13)12-17(23)20-10-8-16-21-18(24-22-16)15-7-2-3-9-19-15/h2-7,9,11H,8,10,12H2,1H3,(H,20,23). The number of rotatable bonds is 6. The van der Waals surface area contributed by atoms with Crippen LogP contribution in [-0.4, -0.2) is 27.6 Å². The van der Waals surface area contributed by atoms with E-state index in [0.29, 0.717) is 36.8 Å². The van der Waals surface area contributed by atoms with Crippen LogP contribution < -0.4 is 5.32 Å². The van der Waals surface area contributed by atoms with Crippen LogP contribution in [0.2, 0.25) is 0 Å². The Morgan fingerprint density at radius 1 is 1.21 bits per heavy atom. The van der Waals surface area contributed by atoms with Crippen molar-refractivity contribution in [2.45, 2.75) is 19.8 Å². The Bertz CT molecular complexity index is 815. The Balaban J connectivity index is 1.48. The van der Waals surface area contributed by atoms with Gasteiger partial charge < -0.3 is 9.84 Å². The van der Waals surface area contributed by atoms with Crippen molar-refractivity contribution in [2.24, 2.45) is 0 Å². The normalized spacial score (nSPS) is 10.5. The second-order valence-electron chi connectivity index (χ2n) is 5.50. The first-order valence-electron chi connectivity index (χ1n) is 7.77. The topological polar surface area (TPSA) is 80.9 Å². The highest BCUT2D eigenvalue weighted by atomic mass is 16.5. The first kappa shape index (κ1) is 15.9. The SMILES string of the molecule is Cc1cccc(CC(=O)NCCc2noc(-c3ccccn3)n2)c1. The summed E-state index contributed by atoms with van der Waals surface area (Å²) >= 11 is 0. The Morgan fingerprint density at radius 3 is 2.92 bits per heavy atom. The number of aryl methyl sites for hydroxylation is 1. The highest BCUT2D eigenvalue weighted by molar-refractivity contribution is 5.78. The number of nitrogens with one attached hydrogen (secondary N) is 1. The summed E-state index contributed by atoms with van der Waals surface area (Å²) in [5.41, 5.74) is 2.79. The summed E-state index contributed by atoms with van der Waals surface area (Å²) < 4.78 is 5.18. The second-order valence-corrected chi connectivity index (χ2v) is 5.50. The van der Waals surface area contributed by atoms with E-state index in [4.69, 9.17) is 4.52 Å². The van der Waals surface area contributed by atoms with Gasteiger partial charge in [-0.05, 0) is 24.6 Å². The number of amides is 1. The summed E-state index contributed by atoms with van der Waals surface area (Å²) in [7, 11) is 0. The van der Waals surface area contributed by atoms with Gasteiger partial charge in [-0.15, -0.1) is 0 Å². The highest BCUT2D eigenvalue weighted by Gasteiger charge is 2.10. The quantitative estimate of drug-likeness (QED) is 0.753. The summed E-state index contributed by atoms with van der Waals surface area (Å²) in [5.74, 6) is 0.914. The number of benzene rings is 1. The van der Waals surface area contributed by atoms with Gasteiger partial charge in [0.15, 0.2) is 5.82 Å². The predicted octanol–water partition coefficient (Wildman–Crippen LogP) is 2.34. The molecule has 1 aromatic carbocycles. The van der Waals surface area contributed by atoms with Gasteiger partial charge in [0.1, 0.15) is 5.69 Å². The van der Waals surface area contributed by atoms with Crippen LogP contribution in [0.3, 0.4) is 0 Å². The van der Waals surface area contributed by atoms with Gasteiger partial charge in [-0.3, -0.25) is 9.78 Å². The molecule has 24 heavy (non-hydrogen) atoms. The summed E-state index contributed by atoms with van der Waals surface area (Å²) in [5, 5.41) is 6.78. The average molecular weight is 322 g/mol. The van der Waals surface area contributed by atoms with Crippen LogP contribution in [-0.2, 0) is 17.6 Å². The van der Waals surface area contributed by atoms with E-state index in [9.17, 15) is 4.79 Å². The Labute approximate surface area is 139 Å². The number of hydrogen-bond acceptors (Lipinski definition) is 5. The molecule has 0 saturated heterocycles. The van der Waals surface area contributed by atoms with Crippen LogP contribution in [0.1, 0.15) is 17.0 Å². The molecule has 1 amide bonds. The molecule has 0 aliphatic heterocycles. The fraction of sp³-hybridized carbons (Fsp3) is 0.222. The number of aromatic nitrogens is 3. The number of hydrogen-bond donors (Lipinski definition) is 1. The van der Waals surface area contributed by atoms with E-state index in [2.05, 4.69) is 20.4 Å². The minimum Gasteiger partial charge on any atom is -0.355 e. The molecule has 6 heteroatoms. The Kier molecular flexibility index (Phi) is 4.96. The van der Waals surface area contributed by atoms with E-state index in [1.807, 2.05) is 43.3 Å². The third-order valence-electron chi connectivity index (χ3n) is 3.47. The van der Waals surface area contributed by atoms with E-state index in [0.717, 1.165) is 11.1 Å². The van der Waals surface area contributed by atoms with E-state index >= 15 is 0 Å². The van der Waals surface area contributed by atoms with Crippen molar-refractivity contribution in [1.29, 1.82) is 0 Å². The van der Waals surface area contributed by atoms with Crippen LogP contribution in [0.5, 0.6) is 0 Å².